The van der Waals surface area contributed by atoms with Crippen molar-refractivity contribution in [3.63, 3.8) is 0 Å². The Kier molecular flexibility index (Phi) is 3.62. The van der Waals surface area contributed by atoms with Crippen LogP contribution in [0.3, 0.4) is 0 Å². The highest BCUT2D eigenvalue weighted by molar-refractivity contribution is 7.20. The minimum absolute atomic E-state index is 0.715. The highest BCUT2D eigenvalue weighted by atomic mass is 35.5. The monoisotopic (exact) mass is 210 g/mol. The second-order valence-corrected chi connectivity index (χ2v) is 4.34. The van der Waals surface area contributed by atoms with E-state index in [-0.39, 0.29) is 0 Å². The Morgan fingerprint density at radius 1 is 1.55 bits per heavy atom. The van der Waals surface area contributed by atoms with E-state index in [9.17, 15) is 0 Å². The van der Waals surface area contributed by atoms with Crippen molar-refractivity contribution in [2.75, 3.05) is 6.54 Å². The van der Waals surface area contributed by atoms with E-state index < -0.39 is 0 Å². The molecule has 0 atom stereocenters. The molecule has 1 heterocycles. The molecule has 0 aliphatic rings. The second-order valence-electron chi connectivity index (χ2n) is 2.05. The van der Waals surface area contributed by atoms with E-state index in [1.165, 1.54) is 11.3 Å². The molecule has 11 heavy (non-hydrogen) atoms. The molecule has 1 aromatic heterocycles. The summed E-state index contributed by atoms with van der Waals surface area (Å²) in [6.07, 6.45) is 0.818. The van der Waals surface area contributed by atoms with Crippen molar-refractivity contribution < 1.29 is 0 Å². The minimum atomic E-state index is 0.715. The van der Waals surface area contributed by atoms with Gasteiger partial charge in [-0.1, -0.05) is 23.2 Å². The molecular formula is C6H8Cl2N2S. The lowest BCUT2D eigenvalue weighted by Gasteiger charge is -1.95. The normalized spacial score (nSPS) is 10.5. The molecule has 0 amide bonds. The van der Waals surface area contributed by atoms with E-state index in [0.717, 1.165) is 20.7 Å². The van der Waals surface area contributed by atoms with Crippen LogP contribution in [0.15, 0.2) is 6.07 Å². The van der Waals surface area contributed by atoms with Crippen molar-refractivity contribution in [2.24, 2.45) is 5.84 Å². The van der Waals surface area contributed by atoms with Crippen molar-refractivity contribution in [3.8, 4) is 0 Å². The Morgan fingerprint density at radius 2 is 2.27 bits per heavy atom. The fourth-order valence-electron chi connectivity index (χ4n) is 0.752. The summed E-state index contributed by atoms with van der Waals surface area (Å²) < 4.78 is 1.48. The van der Waals surface area contributed by atoms with Crippen molar-refractivity contribution in [1.29, 1.82) is 0 Å². The van der Waals surface area contributed by atoms with Crippen molar-refractivity contribution >= 4 is 34.5 Å². The summed E-state index contributed by atoms with van der Waals surface area (Å²) in [7, 11) is 0. The maximum Gasteiger partial charge on any atom is 0.0976 e. The molecule has 5 heteroatoms. The molecule has 0 saturated heterocycles. The second kappa shape index (κ2) is 4.28. The lowest BCUT2D eigenvalue weighted by molar-refractivity contribution is 0.729. The van der Waals surface area contributed by atoms with Crippen LogP contribution in [0.4, 0.5) is 0 Å². The average Bonchev–Trinajstić information content (AvgIpc) is 2.26. The van der Waals surface area contributed by atoms with Gasteiger partial charge in [-0.05, 0) is 18.1 Å². The molecule has 0 aromatic carbocycles. The Labute approximate surface area is 79.3 Å². The lowest BCUT2D eigenvalue weighted by Crippen LogP contribution is -2.24. The smallest absolute Gasteiger partial charge is 0.0976 e. The maximum absolute atomic E-state index is 5.85. The van der Waals surface area contributed by atoms with E-state index in [0.29, 0.717) is 6.54 Å². The molecular weight excluding hydrogens is 203 g/mol. The summed E-state index contributed by atoms with van der Waals surface area (Å²) in [5.41, 5.74) is 3.61. The van der Waals surface area contributed by atoms with Crippen LogP contribution in [0.2, 0.25) is 8.67 Å². The summed E-state index contributed by atoms with van der Waals surface area (Å²) >= 11 is 13.0. The van der Waals surface area contributed by atoms with Gasteiger partial charge < -0.3 is 0 Å². The molecule has 0 unspecified atom stereocenters. The number of rotatable bonds is 3. The van der Waals surface area contributed by atoms with Gasteiger partial charge in [0.05, 0.1) is 8.67 Å². The number of hydrogen-bond acceptors (Lipinski definition) is 3. The number of thiophene rings is 1. The Hall–Kier alpha value is 0.200. The van der Waals surface area contributed by atoms with Crippen LogP contribution in [-0.2, 0) is 6.42 Å². The zero-order valence-electron chi connectivity index (χ0n) is 5.73. The molecule has 0 aliphatic heterocycles. The van der Waals surface area contributed by atoms with Gasteiger partial charge in [0.2, 0.25) is 0 Å². The van der Waals surface area contributed by atoms with E-state index in [4.69, 9.17) is 29.0 Å². The van der Waals surface area contributed by atoms with Crippen LogP contribution in [0.25, 0.3) is 0 Å². The van der Waals surface area contributed by atoms with Crippen LogP contribution < -0.4 is 11.3 Å². The largest absolute Gasteiger partial charge is 0.271 e. The van der Waals surface area contributed by atoms with Crippen LogP contribution in [0.1, 0.15) is 5.56 Å². The molecule has 0 spiro atoms. The zero-order valence-corrected chi connectivity index (χ0v) is 8.06. The van der Waals surface area contributed by atoms with Crippen molar-refractivity contribution in [2.45, 2.75) is 6.42 Å². The van der Waals surface area contributed by atoms with Crippen molar-refractivity contribution in [3.05, 3.63) is 20.3 Å². The number of hydrogen-bond donors (Lipinski definition) is 2. The Morgan fingerprint density at radius 3 is 2.73 bits per heavy atom. The molecule has 0 aliphatic carbocycles. The topological polar surface area (TPSA) is 38.0 Å². The Bertz CT molecular complexity index is 236. The predicted molar refractivity (Wildman–Crippen MR) is 50.2 cm³/mol. The summed E-state index contributed by atoms with van der Waals surface area (Å²) in [5, 5.41) is 0. The van der Waals surface area contributed by atoms with Crippen LogP contribution >= 0.6 is 34.5 Å². The first-order chi connectivity index (χ1) is 5.24. The lowest BCUT2D eigenvalue weighted by atomic mass is 10.2. The van der Waals surface area contributed by atoms with Crippen LogP contribution in [0, 0.1) is 0 Å². The minimum Gasteiger partial charge on any atom is -0.271 e. The quantitative estimate of drug-likeness (QED) is 0.593. The molecule has 3 N–H and O–H groups in total. The van der Waals surface area contributed by atoms with Crippen molar-refractivity contribution in [1.82, 2.24) is 5.43 Å². The average molecular weight is 211 g/mol. The highest BCUT2D eigenvalue weighted by Crippen LogP contribution is 2.31. The molecule has 0 fully saturated rings. The number of nitrogens with one attached hydrogen (secondary N) is 1. The van der Waals surface area contributed by atoms with Gasteiger partial charge in [0, 0.05) is 6.54 Å². The summed E-state index contributed by atoms with van der Waals surface area (Å²) in [6, 6.07) is 1.87. The molecule has 1 rings (SSSR count). The third-order valence-electron chi connectivity index (χ3n) is 1.27. The standard InChI is InChI=1S/C6H8Cl2N2S/c7-5-3-4(1-2-10-9)6(8)11-5/h3,10H,1-2,9H2. The van der Waals surface area contributed by atoms with Gasteiger partial charge in [0.15, 0.2) is 0 Å². The van der Waals surface area contributed by atoms with E-state index in [2.05, 4.69) is 5.43 Å². The summed E-state index contributed by atoms with van der Waals surface area (Å²) in [6.45, 7) is 0.715. The number of nitrogens with two attached hydrogens (primary N) is 1. The molecule has 0 bridgehead atoms. The van der Waals surface area contributed by atoms with Gasteiger partial charge in [-0.2, -0.15) is 0 Å². The summed E-state index contributed by atoms with van der Waals surface area (Å²) in [4.78, 5) is 0. The summed E-state index contributed by atoms with van der Waals surface area (Å²) in [5.74, 6) is 5.11. The molecule has 62 valence electrons. The predicted octanol–water partition coefficient (Wildman–Crippen LogP) is 2.06. The van der Waals surface area contributed by atoms with Gasteiger partial charge in [-0.25, -0.2) is 0 Å². The van der Waals surface area contributed by atoms with E-state index >= 15 is 0 Å². The highest BCUT2D eigenvalue weighted by Gasteiger charge is 2.04. The van der Waals surface area contributed by atoms with Crippen LogP contribution in [-0.4, -0.2) is 6.54 Å². The van der Waals surface area contributed by atoms with Gasteiger partial charge in [-0.15, -0.1) is 11.3 Å². The van der Waals surface area contributed by atoms with Gasteiger partial charge in [0.25, 0.3) is 0 Å². The number of hydrazine groups is 1. The third kappa shape index (κ3) is 2.61. The molecule has 1 aromatic rings. The fraction of sp³-hybridized carbons (Fsp3) is 0.333. The van der Waals surface area contributed by atoms with Crippen LogP contribution in [0.5, 0.6) is 0 Å². The first-order valence-corrected chi connectivity index (χ1v) is 4.68. The van der Waals surface area contributed by atoms with Gasteiger partial charge in [0.1, 0.15) is 0 Å². The van der Waals surface area contributed by atoms with E-state index in [1.54, 1.807) is 0 Å². The van der Waals surface area contributed by atoms with E-state index in [1.807, 2.05) is 6.07 Å². The third-order valence-corrected chi connectivity index (χ3v) is 2.83. The maximum atomic E-state index is 5.85. The van der Waals surface area contributed by atoms with Gasteiger partial charge >= 0.3 is 0 Å². The molecule has 0 radical (unpaired) electrons. The first kappa shape index (κ1) is 9.29. The Balaban J connectivity index is 2.62. The molecule has 2 nitrogen and oxygen atoms in total. The SMILES string of the molecule is NNCCc1cc(Cl)sc1Cl. The number of halogens is 2. The fourth-order valence-corrected chi connectivity index (χ4v) is 2.30. The zero-order chi connectivity index (χ0) is 8.27. The first-order valence-electron chi connectivity index (χ1n) is 3.11. The molecule has 0 saturated carbocycles. The van der Waals surface area contributed by atoms with Gasteiger partial charge in [-0.3, -0.25) is 11.3 Å².